The first-order valence-corrected chi connectivity index (χ1v) is 8.56. The van der Waals surface area contributed by atoms with Gasteiger partial charge in [0.1, 0.15) is 0 Å². The summed E-state index contributed by atoms with van der Waals surface area (Å²) in [6.07, 6.45) is 0. The Labute approximate surface area is 158 Å². The van der Waals surface area contributed by atoms with Crippen LogP contribution in [0.25, 0.3) is 17.1 Å². The molecule has 0 aliphatic carbocycles. The van der Waals surface area contributed by atoms with Gasteiger partial charge in [-0.25, -0.2) is 0 Å². The largest absolute Gasteiger partial charge is 0.300 e. The number of H-pyrrole nitrogens is 3. The number of hydrogen-bond acceptors (Lipinski definition) is 5. The van der Waals surface area contributed by atoms with E-state index in [1.54, 1.807) is 6.92 Å². The smallest absolute Gasteiger partial charge is 0.291 e. The molecule has 9 heteroatoms. The first kappa shape index (κ1) is 16.9. The number of aromatic nitrogens is 5. The van der Waals surface area contributed by atoms with Gasteiger partial charge < -0.3 is 5.10 Å². The zero-order valence-electron chi connectivity index (χ0n) is 14.3. The number of benzene rings is 2. The van der Waals surface area contributed by atoms with Gasteiger partial charge in [-0.2, -0.15) is 10.2 Å². The highest BCUT2D eigenvalue weighted by molar-refractivity contribution is 7.71. The van der Waals surface area contributed by atoms with Crippen LogP contribution in [0, 0.1) is 11.7 Å². The van der Waals surface area contributed by atoms with E-state index in [9.17, 15) is 4.79 Å². The summed E-state index contributed by atoms with van der Waals surface area (Å²) in [5.41, 5.74) is 3.03. The van der Waals surface area contributed by atoms with E-state index in [2.05, 4.69) is 30.6 Å². The second-order valence-electron chi connectivity index (χ2n) is 5.82. The Morgan fingerprint density at radius 2 is 1.74 bits per heavy atom. The molecule has 2 aromatic carbocycles. The van der Waals surface area contributed by atoms with E-state index in [1.165, 1.54) is 0 Å². The van der Waals surface area contributed by atoms with Crippen LogP contribution in [-0.4, -0.2) is 25.0 Å². The molecule has 0 atom stereocenters. The predicted octanol–water partition coefficient (Wildman–Crippen LogP) is 4.34. The number of aryl methyl sites for hydroxylation is 1. The van der Waals surface area contributed by atoms with Gasteiger partial charge in [0.2, 0.25) is 0 Å². The molecule has 0 fully saturated rings. The lowest BCUT2D eigenvalue weighted by Gasteiger charge is -2.06. The Bertz CT molecular complexity index is 1210. The fourth-order valence-electron chi connectivity index (χ4n) is 2.65. The summed E-state index contributed by atoms with van der Waals surface area (Å²) in [6, 6.07) is 17.2. The van der Waals surface area contributed by atoms with Crippen molar-refractivity contribution < 1.29 is 0 Å². The van der Waals surface area contributed by atoms with E-state index in [0.717, 1.165) is 11.3 Å². The minimum atomic E-state index is -0.300. The maximum absolute atomic E-state index is 11.6. The summed E-state index contributed by atoms with van der Waals surface area (Å²) in [6.45, 7) is 1.75. The van der Waals surface area contributed by atoms with Crippen LogP contribution in [0.3, 0.4) is 0 Å². The Hall–Kier alpha value is -3.59. The Balaban J connectivity index is 1.66. The van der Waals surface area contributed by atoms with E-state index in [4.69, 9.17) is 12.2 Å². The van der Waals surface area contributed by atoms with Crippen LogP contribution in [-0.2, 0) is 0 Å². The van der Waals surface area contributed by atoms with Gasteiger partial charge in [-0.3, -0.25) is 19.6 Å². The second kappa shape index (κ2) is 6.96. The molecule has 2 heterocycles. The van der Waals surface area contributed by atoms with Crippen molar-refractivity contribution in [1.82, 2.24) is 25.0 Å². The van der Waals surface area contributed by atoms with Gasteiger partial charge in [0.05, 0.1) is 11.4 Å². The molecule has 3 N–H and O–H groups in total. The lowest BCUT2D eigenvalue weighted by atomic mass is 10.2. The fourth-order valence-corrected chi connectivity index (χ4v) is 2.89. The van der Waals surface area contributed by atoms with E-state index < -0.39 is 0 Å². The van der Waals surface area contributed by atoms with E-state index in [1.807, 2.05) is 59.2 Å². The van der Waals surface area contributed by atoms with Gasteiger partial charge in [0.15, 0.2) is 16.3 Å². The number of para-hydroxylation sites is 1. The maximum Gasteiger partial charge on any atom is 0.291 e. The normalized spacial score (nSPS) is 11.3. The minimum Gasteiger partial charge on any atom is -0.300 e. The molecule has 4 aromatic rings. The molecule has 134 valence electrons. The molecular weight excluding hydrogens is 362 g/mol. The lowest BCUT2D eigenvalue weighted by molar-refractivity contribution is 1.02. The predicted molar refractivity (Wildman–Crippen MR) is 105 cm³/mol. The van der Waals surface area contributed by atoms with Gasteiger partial charge in [-0.05, 0) is 55.5 Å². The third-order valence-electron chi connectivity index (χ3n) is 4.01. The molecule has 0 amide bonds. The van der Waals surface area contributed by atoms with Crippen LogP contribution in [0.1, 0.15) is 5.69 Å². The van der Waals surface area contributed by atoms with Crippen molar-refractivity contribution in [1.29, 1.82) is 0 Å². The molecular formula is C18H15N7OS. The summed E-state index contributed by atoms with van der Waals surface area (Å²) < 4.78 is 2.39. The topological polar surface area (TPSA) is 107 Å². The van der Waals surface area contributed by atoms with Crippen molar-refractivity contribution in [2.24, 2.45) is 10.2 Å². The molecule has 0 saturated carbocycles. The number of rotatable bonds is 4. The molecule has 0 saturated heterocycles. The maximum atomic E-state index is 11.6. The van der Waals surface area contributed by atoms with Crippen LogP contribution in [0.5, 0.6) is 0 Å². The second-order valence-corrected chi connectivity index (χ2v) is 6.21. The van der Waals surface area contributed by atoms with Gasteiger partial charge in [0, 0.05) is 11.3 Å². The molecule has 0 bridgehead atoms. The van der Waals surface area contributed by atoms with E-state index in [-0.39, 0.29) is 11.2 Å². The average Bonchev–Trinajstić information content (AvgIpc) is 3.23. The number of nitrogens with zero attached hydrogens (tertiary/aromatic N) is 4. The van der Waals surface area contributed by atoms with Crippen LogP contribution in [0.2, 0.25) is 0 Å². The van der Waals surface area contributed by atoms with Crippen molar-refractivity contribution in [3.63, 3.8) is 0 Å². The van der Waals surface area contributed by atoms with Gasteiger partial charge >= 0.3 is 0 Å². The average molecular weight is 377 g/mol. The molecule has 0 radical (unpaired) electrons. The van der Waals surface area contributed by atoms with Gasteiger partial charge in [0.25, 0.3) is 5.56 Å². The quantitative estimate of drug-likeness (QED) is 0.364. The molecule has 4 rings (SSSR count). The first-order valence-electron chi connectivity index (χ1n) is 8.16. The third-order valence-corrected chi connectivity index (χ3v) is 4.29. The summed E-state index contributed by atoms with van der Waals surface area (Å²) in [7, 11) is 0. The zero-order valence-corrected chi connectivity index (χ0v) is 15.1. The highest BCUT2D eigenvalue weighted by Crippen LogP contribution is 2.25. The van der Waals surface area contributed by atoms with Crippen LogP contribution in [0.15, 0.2) is 69.6 Å². The molecule has 0 unspecified atom stereocenters. The number of azo groups is 1. The van der Waals surface area contributed by atoms with E-state index in [0.29, 0.717) is 22.0 Å². The van der Waals surface area contributed by atoms with Crippen LogP contribution >= 0.6 is 12.2 Å². The third kappa shape index (κ3) is 3.27. The van der Waals surface area contributed by atoms with Crippen LogP contribution < -0.4 is 5.56 Å². The summed E-state index contributed by atoms with van der Waals surface area (Å²) in [5, 5.41) is 20.5. The highest BCUT2D eigenvalue weighted by atomic mass is 32.1. The lowest BCUT2D eigenvalue weighted by Crippen LogP contribution is -1.97. The van der Waals surface area contributed by atoms with Crippen molar-refractivity contribution in [2.75, 3.05) is 0 Å². The number of aromatic amines is 3. The summed E-state index contributed by atoms with van der Waals surface area (Å²) >= 11 is 5.37. The Morgan fingerprint density at radius 1 is 1.00 bits per heavy atom. The standard InChI is InChI=1S/C18H15N7OS/c1-11-15(17(26)23-19-11)21-20-13-9-7-12(8-10-13)16-22-24-18(27)25(16)14-5-3-2-4-6-14/h2-10H,1H3,(H,24,27)(H2,19,23,26). The van der Waals surface area contributed by atoms with E-state index >= 15 is 0 Å². The van der Waals surface area contributed by atoms with Crippen LogP contribution in [0.4, 0.5) is 11.4 Å². The van der Waals surface area contributed by atoms with Gasteiger partial charge in [-0.15, -0.1) is 5.11 Å². The first-order chi connectivity index (χ1) is 13.1. The van der Waals surface area contributed by atoms with Gasteiger partial charge in [-0.1, -0.05) is 18.2 Å². The molecule has 8 nitrogen and oxygen atoms in total. The molecule has 0 spiro atoms. The Kier molecular flexibility index (Phi) is 4.35. The van der Waals surface area contributed by atoms with Crippen molar-refractivity contribution in [2.45, 2.75) is 6.92 Å². The van der Waals surface area contributed by atoms with Crippen molar-refractivity contribution >= 4 is 23.6 Å². The molecule has 0 aliphatic rings. The highest BCUT2D eigenvalue weighted by Gasteiger charge is 2.10. The van der Waals surface area contributed by atoms with Crippen molar-refractivity contribution in [3.8, 4) is 17.1 Å². The summed E-state index contributed by atoms with van der Waals surface area (Å²) in [5.74, 6) is 0.701. The fraction of sp³-hybridized carbons (Fsp3) is 0.0556. The molecule has 2 aromatic heterocycles. The number of nitrogens with one attached hydrogen (secondary N) is 3. The number of hydrogen-bond donors (Lipinski definition) is 3. The zero-order chi connectivity index (χ0) is 18.8. The monoisotopic (exact) mass is 377 g/mol. The summed E-state index contributed by atoms with van der Waals surface area (Å²) in [4.78, 5) is 11.6. The Morgan fingerprint density at radius 3 is 2.41 bits per heavy atom. The minimum absolute atomic E-state index is 0.268. The molecule has 0 aliphatic heterocycles. The molecule has 27 heavy (non-hydrogen) atoms. The SMILES string of the molecule is Cc1[nH][nH]c(=O)c1N=Nc1ccc(-c2n[nH]c(=S)n2-c2ccccc2)cc1. The van der Waals surface area contributed by atoms with Crippen molar-refractivity contribution in [3.05, 3.63) is 75.4 Å².